The van der Waals surface area contributed by atoms with Gasteiger partial charge in [-0.2, -0.15) is 0 Å². The summed E-state index contributed by atoms with van der Waals surface area (Å²) in [7, 11) is 0. The van der Waals surface area contributed by atoms with Crippen LogP contribution >= 0.6 is 0 Å². The molecule has 0 aromatic rings. The van der Waals surface area contributed by atoms with Crippen LogP contribution < -0.4 is 0 Å². The van der Waals surface area contributed by atoms with Gasteiger partial charge in [0.05, 0.1) is 5.92 Å². The molecule has 0 bridgehead atoms. The van der Waals surface area contributed by atoms with Gasteiger partial charge >= 0.3 is 0 Å². The van der Waals surface area contributed by atoms with Crippen molar-refractivity contribution in [1.82, 2.24) is 9.80 Å². The Labute approximate surface area is 134 Å². The molecular formula is C18H30N2O2. The third kappa shape index (κ3) is 3.64. The molecule has 1 atom stereocenters. The van der Waals surface area contributed by atoms with Crippen LogP contribution in [-0.2, 0) is 9.59 Å². The summed E-state index contributed by atoms with van der Waals surface area (Å²) in [6, 6.07) is 0.412. The van der Waals surface area contributed by atoms with Gasteiger partial charge in [0.1, 0.15) is 0 Å². The van der Waals surface area contributed by atoms with E-state index in [4.69, 9.17) is 0 Å². The zero-order chi connectivity index (χ0) is 15.4. The molecule has 2 heterocycles. The number of nitrogens with zero attached hydrogens (tertiary/aromatic N) is 2. The molecule has 0 aromatic carbocycles. The maximum Gasteiger partial charge on any atom is 0.227 e. The van der Waals surface area contributed by atoms with Gasteiger partial charge in [-0.1, -0.05) is 32.1 Å². The number of carbonyl (C=O) groups is 2. The lowest BCUT2D eigenvalue weighted by molar-refractivity contribution is -0.145. The summed E-state index contributed by atoms with van der Waals surface area (Å²) in [5.41, 5.74) is 0. The molecular weight excluding hydrogens is 276 g/mol. The SMILES string of the molecule is O=C([C@@H]1CCC(=O)N(C2CCCC2)C1)N1CCCCCCC1. The number of piperidine rings is 1. The summed E-state index contributed by atoms with van der Waals surface area (Å²) in [5, 5.41) is 0. The molecule has 3 fully saturated rings. The second kappa shape index (κ2) is 7.47. The minimum absolute atomic E-state index is 0.0535. The summed E-state index contributed by atoms with van der Waals surface area (Å²) < 4.78 is 0. The Morgan fingerprint density at radius 3 is 2.18 bits per heavy atom. The fourth-order valence-corrected chi connectivity index (χ4v) is 4.37. The third-order valence-electron chi connectivity index (χ3n) is 5.73. The van der Waals surface area contributed by atoms with Crippen molar-refractivity contribution >= 4 is 11.8 Å². The van der Waals surface area contributed by atoms with Crippen LogP contribution in [0.2, 0.25) is 0 Å². The van der Waals surface area contributed by atoms with Gasteiger partial charge in [0.15, 0.2) is 0 Å². The first-order chi connectivity index (χ1) is 10.8. The van der Waals surface area contributed by atoms with Crippen LogP contribution in [0.1, 0.15) is 70.6 Å². The maximum absolute atomic E-state index is 12.9. The quantitative estimate of drug-likeness (QED) is 0.787. The minimum atomic E-state index is 0.0535. The van der Waals surface area contributed by atoms with Crippen LogP contribution in [0.25, 0.3) is 0 Å². The van der Waals surface area contributed by atoms with E-state index >= 15 is 0 Å². The van der Waals surface area contributed by atoms with Crippen molar-refractivity contribution in [3.63, 3.8) is 0 Å². The second-order valence-electron chi connectivity index (χ2n) is 7.31. The predicted octanol–water partition coefficient (Wildman–Crippen LogP) is 2.96. The summed E-state index contributed by atoms with van der Waals surface area (Å²) in [6.45, 7) is 2.53. The zero-order valence-electron chi connectivity index (χ0n) is 13.8. The number of hydrogen-bond acceptors (Lipinski definition) is 2. The molecule has 0 aromatic heterocycles. The van der Waals surface area contributed by atoms with Gasteiger partial charge in [-0.25, -0.2) is 0 Å². The minimum Gasteiger partial charge on any atom is -0.342 e. The molecule has 2 aliphatic heterocycles. The summed E-state index contributed by atoms with van der Waals surface area (Å²) >= 11 is 0. The molecule has 0 N–H and O–H groups in total. The normalized spacial score (nSPS) is 28.5. The Balaban J connectivity index is 1.60. The molecule has 124 valence electrons. The molecule has 1 saturated carbocycles. The van der Waals surface area contributed by atoms with E-state index in [2.05, 4.69) is 4.90 Å². The Kier molecular flexibility index (Phi) is 5.37. The molecule has 1 aliphatic carbocycles. The largest absolute Gasteiger partial charge is 0.342 e. The molecule has 22 heavy (non-hydrogen) atoms. The molecule has 2 saturated heterocycles. The van der Waals surface area contributed by atoms with Gasteiger partial charge in [-0.3, -0.25) is 9.59 Å². The van der Waals surface area contributed by atoms with E-state index in [-0.39, 0.29) is 11.8 Å². The van der Waals surface area contributed by atoms with Crippen LogP contribution in [0.3, 0.4) is 0 Å². The van der Waals surface area contributed by atoms with Crippen LogP contribution in [0.4, 0.5) is 0 Å². The molecule has 4 heteroatoms. The Morgan fingerprint density at radius 2 is 1.50 bits per heavy atom. The second-order valence-corrected chi connectivity index (χ2v) is 7.31. The molecule has 4 nitrogen and oxygen atoms in total. The van der Waals surface area contributed by atoms with E-state index in [0.717, 1.165) is 45.2 Å². The number of hydrogen-bond donors (Lipinski definition) is 0. The average Bonchev–Trinajstić information content (AvgIpc) is 3.01. The first-order valence-electron chi connectivity index (χ1n) is 9.34. The monoisotopic (exact) mass is 306 g/mol. The highest BCUT2D eigenvalue weighted by Gasteiger charge is 2.36. The Bertz CT molecular complexity index is 396. The number of carbonyl (C=O) groups excluding carboxylic acids is 2. The maximum atomic E-state index is 12.9. The van der Waals surface area contributed by atoms with Crippen molar-refractivity contribution in [2.75, 3.05) is 19.6 Å². The highest BCUT2D eigenvalue weighted by Crippen LogP contribution is 2.29. The molecule has 3 rings (SSSR count). The van der Waals surface area contributed by atoms with Crippen molar-refractivity contribution in [2.45, 2.75) is 76.7 Å². The molecule has 3 aliphatic rings. The average molecular weight is 306 g/mol. The van der Waals surface area contributed by atoms with E-state index in [1.807, 2.05) is 4.90 Å². The van der Waals surface area contributed by atoms with Crippen molar-refractivity contribution in [1.29, 1.82) is 0 Å². The van der Waals surface area contributed by atoms with Crippen molar-refractivity contribution in [3.05, 3.63) is 0 Å². The standard InChI is InChI=1S/C18H30N2O2/c21-17-11-10-15(14-20(17)16-8-4-5-9-16)18(22)19-12-6-2-1-3-7-13-19/h15-16H,1-14H2/t15-/m1/s1. The van der Waals surface area contributed by atoms with Crippen LogP contribution in [0.15, 0.2) is 0 Å². The summed E-state index contributed by atoms with van der Waals surface area (Å²) in [5.74, 6) is 0.652. The predicted molar refractivity (Wildman–Crippen MR) is 86.4 cm³/mol. The van der Waals surface area contributed by atoms with Gasteiger partial charge < -0.3 is 9.80 Å². The molecule has 0 spiro atoms. The van der Waals surface area contributed by atoms with E-state index in [1.54, 1.807) is 0 Å². The first-order valence-corrected chi connectivity index (χ1v) is 9.34. The van der Waals surface area contributed by atoms with Gasteiger partial charge in [-0.15, -0.1) is 0 Å². The summed E-state index contributed by atoms with van der Waals surface area (Å²) in [4.78, 5) is 29.2. The number of likely N-dealkylation sites (tertiary alicyclic amines) is 2. The van der Waals surface area contributed by atoms with Crippen LogP contribution in [0.5, 0.6) is 0 Å². The van der Waals surface area contributed by atoms with E-state index < -0.39 is 0 Å². The molecule has 0 radical (unpaired) electrons. The topological polar surface area (TPSA) is 40.6 Å². The lowest BCUT2D eigenvalue weighted by Gasteiger charge is -2.38. The van der Waals surface area contributed by atoms with Crippen molar-refractivity contribution in [3.8, 4) is 0 Å². The number of rotatable bonds is 2. The lowest BCUT2D eigenvalue weighted by atomic mass is 9.93. The smallest absolute Gasteiger partial charge is 0.227 e. The van der Waals surface area contributed by atoms with Gasteiger partial charge in [0, 0.05) is 32.1 Å². The van der Waals surface area contributed by atoms with Crippen LogP contribution in [-0.4, -0.2) is 47.3 Å². The van der Waals surface area contributed by atoms with Gasteiger partial charge in [0.25, 0.3) is 0 Å². The fourth-order valence-electron chi connectivity index (χ4n) is 4.37. The molecule has 2 amide bonds. The van der Waals surface area contributed by atoms with Crippen molar-refractivity contribution < 1.29 is 9.59 Å². The Morgan fingerprint density at radius 1 is 0.864 bits per heavy atom. The van der Waals surface area contributed by atoms with Crippen LogP contribution in [0, 0.1) is 5.92 Å². The molecule has 0 unspecified atom stereocenters. The first kappa shape index (κ1) is 15.8. The summed E-state index contributed by atoms with van der Waals surface area (Å²) in [6.07, 6.45) is 12.2. The van der Waals surface area contributed by atoms with E-state index in [0.29, 0.717) is 24.9 Å². The van der Waals surface area contributed by atoms with Gasteiger partial charge in [-0.05, 0) is 32.1 Å². The van der Waals surface area contributed by atoms with Crippen molar-refractivity contribution in [2.24, 2.45) is 5.92 Å². The highest BCUT2D eigenvalue weighted by atomic mass is 16.2. The third-order valence-corrected chi connectivity index (χ3v) is 5.73. The Hall–Kier alpha value is -1.06. The van der Waals surface area contributed by atoms with E-state index in [1.165, 1.54) is 32.1 Å². The highest BCUT2D eigenvalue weighted by molar-refractivity contribution is 5.84. The number of amides is 2. The fraction of sp³-hybridized carbons (Fsp3) is 0.889. The zero-order valence-corrected chi connectivity index (χ0v) is 13.8. The lowest BCUT2D eigenvalue weighted by Crippen LogP contribution is -2.50. The van der Waals surface area contributed by atoms with E-state index in [9.17, 15) is 9.59 Å². The van der Waals surface area contributed by atoms with Gasteiger partial charge in [0.2, 0.25) is 11.8 Å².